The summed E-state index contributed by atoms with van der Waals surface area (Å²) in [5.41, 5.74) is 0. The van der Waals surface area contributed by atoms with Crippen LogP contribution < -0.4 is 5.32 Å². The minimum absolute atomic E-state index is 0.147. The summed E-state index contributed by atoms with van der Waals surface area (Å²) in [6.07, 6.45) is 4.83. The second-order valence-corrected chi connectivity index (χ2v) is 6.89. The minimum atomic E-state index is 0.147. The molecular weight excluding hydrogens is 280 g/mol. The van der Waals surface area contributed by atoms with Crippen LogP contribution in [0.2, 0.25) is 0 Å². The summed E-state index contributed by atoms with van der Waals surface area (Å²) in [6, 6.07) is 0. The van der Waals surface area contributed by atoms with Crippen LogP contribution in [0.1, 0.15) is 25.7 Å². The van der Waals surface area contributed by atoms with Crippen LogP contribution in [-0.4, -0.2) is 85.4 Å². The summed E-state index contributed by atoms with van der Waals surface area (Å²) in [4.78, 5) is 30.4. The Kier molecular flexibility index (Phi) is 5.31. The topological polar surface area (TPSA) is 55.9 Å². The predicted molar refractivity (Wildman–Crippen MR) is 84.4 cm³/mol. The largest absolute Gasteiger partial charge is 0.355 e. The molecule has 1 N–H and O–H groups in total. The monoisotopic (exact) mass is 308 g/mol. The van der Waals surface area contributed by atoms with Crippen molar-refractivity contribution < 1.29 is 9.59 Å². The van der Waals surface area contributed by atoms with E-state index in [9.17, 15) is 9.59 Å². The number of amides is 2. The van der Waals surface area contributed by atoms with Gasteiger partial charge in [0.25, 0.3) is 0 Å². The van der Waals surface area contributed by atoms with Crippen molar-refractivity contribution in [2.24, 2.45) is 5.92 Å². The van der Waals surface area contributed by atoms with E-state index in [0.29, 0.717) is 13.1 Å². The zero-order valence-electron chi connectivity index (χ0n) is 13.4. The molecule has 0 aromatic rings. The number of nitrogens with zero attached hydrogens (tertiary/aromatic N) is 3. The smallest absolute Gasteiger partial charge is 0.236 e. The first kappa shape index (κ1) is 15.7. The van der Waals surface area contributed by atoms with E-state index in [4.69, 9.17) is 0 Å². The van der Waals surface area contributed by atoms with Gasteiger partial charge in [0, 0.05) is 45.8 Å². The lowest BCUT2D eigenvalue weighted by Crippen LogP contribution is -2.51. The molecule has 1 saturated carbocycles. The second kappa shape index (κ2) is 7.42. The molecule has 6 nitrogen and oxygen atoms in total. The Labute approximate surface area is 132 Å². The standard InChI is InChI=1S/C16H28N4O2/c21-15(17-11-14-3-4-14)12-18-7-9-19(10-8-18)13-16(22)20-5-1-2-6-20/h14H,1-13H2,(H,17,21). The van der Waals surface area contributed by atoms with Gasteiger partial charge < -0.3 is 10.2 Å². The fourth-order valence-electron chi connectivity index (χ4n) is 3.20. The average Bonchev–Trinajstić information content (AvgIpc) is 3.18. The average molecular weight is 308 g/mol. The maximum atomic E-state index is 12.1. The van der Waals surface area contributed by atoms with Gasteiger partial charge in [-0.1, -0.05) is 0 Å². The molecule has 0 atom stereocenters. The molecule has 3 aliphatic rings. The van der Waals surface area contributed by atoms with E-state index in [1.54, 1.807) is 0 Å². The van der Waals surface area contributed by atoms with Crippen LogP contribution >= 0.6 is 0 Å². The van der Waals surface area contributed by atoms with E-state index in [-0.39, 0.29) is 11.8 Å². The summed E-state index contributed by atoms with van der Waals surface area (Å²) in [5.74, 6) is 1.15. The van der Waals surface area contributed by atoms with Crippen LogP contribution in [0.3, 0.4) is 0 Å². The Balaban J connectivity index is 1.31. The molecule has 6 heteroatoms. The molecule has 0 unspecified atom stereocenters. The highest BCUT2D eigenvalue weighted by molar-refractivity contribution is 5.79. The summed E-state index contributed by atoms with van der Waals surface area (Å²) in [6.45, 7) is 7.28. The van der Waals surface area contributed by atoms with Crippen molar-refractivity contribution in [3.63, 3.8) is 0 Å². The number of piperazine rings is 1. The summed E-state index contributed by atoms with van der Waals surface area (Å²) >= 11 is 0. The number of likely N-dealkylation sites (tertiary alicyclic amines) is 1. The number of nitrogens with one attached hydrogen (secondary N) is 1. The van der Waals surface area contributed by atoms with Crippen LogP contribution in [0.25, 0.3) is 0 Å². The van der Waals surface area contributed by atoms with Gasteiger partial charge >= 0.3 is 0 Å². The number of carbonyl (C=O) groups is 2. The maximum Gasteiger partial charge on any atom is 0.236 e. The lowest BCUT2D eigenvalue weighted by Gasteiger charge is -2.34. The van der Waals surface area contributed by atoms with Gasteiger partial charge in [-0.05, 0) is 31.6 Å². The van der Waals surface area contributed by atoms with E-state index in [0.717, 1.165) is 64.6 Å². The summed E-state index contributed by atoms with van der Waals surface area (Å²) < 4.78 is 0. The first-order valence-corrected chi connectivity index (χ1v) is 8.70. The van der Waals surface area contributed by atoms with Crippen molar-refractivity contribution in [3.8, 4) is 0 Å². The lowest BCUT2D eigenvalue weighted by molar-refractivity contribution is -0.132. The van der Waals surface area contributed by atoms with Crippen LogP contribution in [0, 0.1) is 5.92 Å². The van der Waals surface area contributed by atoms with Crippen molar-refractivity contribution in [1.82, 2.24) is 20.0 Å². The molecule has 2 amide bonds. The van der Waals surface area contributed by atoms with Gasteiger partial charge in [0.1, 0.15) is 0 Å². The molecule has 0 bridgehead atoms. The molecule has 22 heavy (non-hydrogen) atoms. The van der Waals surface area contributed by atoms with Gasteiger partial charge in [-0.3, -0.25) is 19.4 Å². The van der Waals surface area contributed by atoms with Crippen molar-refractivity contribution in [2.45, 2.75) is 25.7 Å². The van der Waals surface area contributed by atoms with E-state index in [1.165, 1.54) is 12.8 Å². The molecule has 0 radical (unpaired) electrons. The van der Waals surface area contributed by atoms with Gasteiger partial charge in [0.05, 0.1) is 13.1 Å². The molecule has 0 aromatic carbocycles. The van der Waals surface area contributed by atoms with Gasteiger partial charge in [-0.15, -0.1) is 0 Å². The fourth-order valence-corrected chi connectivity index (χ4v) is 3.20. The van der Waals surface area contributed by atoms with Crippen LogP contribution in [0.15, 0.2) is 0 Å². The van der Waals surface area contributed by atoms with Gasteiger partial charge in [0.15, 0.2) is 0 Å². The molecule has 0 aromatic heterocycles. The second-order valence-electron chi connectivity index (χ2n) is 6.89. The maximum absolute atomic E-state index is 12.1. The van der Waals surface area contributed by atoms with Crippen LogP contribution in [0.5, 0.6) is 0 Å². The molecule has 1 aliphatic carbocycles. The highest BCUT2D eigenvalue weighted by Gasteiger charge is 2.25. The number of carbonyl (C=O) groups excluding carboxylic acids is 2. The molecule has 2 saturated heterocycles. The lowest BCUT2D eigenvalue weighted by atomic mass is 10.3. The van der Waals surface area contributed by atoms with Crippen molar-refractivity contribution in [2.75, 3.05) is 58.9 Å². The normalized spacial score (nSPS) is 23.7. The van der Waals surface area contributed by atoms with E-state index >= 15 is 0 Å². The first-order valence-electron chi connectivity index (χ1n) is 8.70. The Morgan fingerprint density at radius 2 is 1.45 bits per heavy atom. The molecule has 0 spiro atoms. The van der Waals surface area contributed by atoms with Gasteiger partial charge in [-0.25, -0.2) is 0 Å². The Bertz CT molecular complexity index is 397. The van der Waals surface area contributed by atoms with Crippen molar-refractivity contribution in [1.29, 1.82) is 0 Å². The predicted octanol–water partition coefficient (Wildman–Crippen LogP) is -0.247. The highest BCUT2D eigenvalue weighted by atomic mass is 16.2. The Morgan fingerprint density at radius 3 is 2.05 bits per heavy atom. The van der Waals surface area contributed by atoms with E-state index < -0.39 is 0 Å². The zero-order valence-corrected chi connectivity index (χ0v) is 13.4. The first-order chi connectivity index (χ1) is 10.7. The molecule has 3 fully saturated rings. The van der Waals surface area contributed by atoms with Crippen LogP contribution in [-0.2, 0) is 9.59 Å². The highest BCUT2D eigenvalue weighted by Crippen LogP contribution is 2.27. The van der Waals surface area contributed by atoms with Gasteiger partial charge in [-0.2, -0.15) is 0 Å². The molecule has 2 aliphatic heterocycles. The third-order valence-corrected chi connectivity index (χ3v) is 4.93. The fraction of sp³-hybridized carbons (Fsp3) is 0.875. The third kappa shape index (κ3) is 4.68. The van der Waals surface area contributed by atoms with Crippen molar-refractivity contribution in [3.05, 3.63) is 0 Å². The number of hydrogen-bond acceptors (Lipinski definition) is 4. The van der Waals surface area contributed by atoms with E-state index in [1.807, 2.05) is 4.90 Å². The summed E-state index contributed by atoms with van der Waals surface area (Å²) in [7, 11) is 0. The Hall–Kier alpha value is -1.14. The molecule has 3 rings (SSSR count). The van der Waals surface area contributed by atoms with Crippen LogP contribution in [0.4, 0.5) is 0 Å². The van der Waals surface area contributed by atoms with Crippen molar-refractivity contribution >= 4 is 11.8 Å². The molecule has 124 valence electrons. The van der Waals surface area contributed by atoms with Gasteiger partial charge in [0.2, 0.25) is 11.8 Å². The quantitative estimate of drug-likeness (QED) is 0.735. The summed E-state index contributed by atoms with van der Waals surface area (Å²) in [5, 5.41) is 3.02. The number of rotatable bonds is 6. The number of hydrogen-bond donors (Lipinski definition) is 1. The van der Waals surface area contributed by atoms with E-state index in [2.05, 4.69) is 15.1 Å². The molecular formula is C16H28N4O2. The Morgan fingerprint density at radius 1 is 0.864 bits per heavy atom. The third-order valence-electron chi connectivity index (χ3n) is 4.93. The zero-order chi connectivity index (χ0) is 15.4. The SMILES string of the molecule is O=C(CN1CCN(CC(=O)N2CCCC2)CC1)NCC1CC1. The molecule has 2 heterocycles. The minimum Gasteiger partial charge on any atom is -0.355 e.